The molecule has 1 N–H and O–H groups in total. The summed E-state index contributed by atoms with van der Waals surface area (Å²) in [5.41, 5.74) is 1.88. The van der Waals surface area contributed by atoms with Crippen LogP contribution in [-0.4, -0.2) is 11.6 Å². The maximum Gasteiger partial charge on any atom is 0.168 e. The van der Waals surface area contributed by atoms with E-state index in [1.54, 1.807) is 0 Å². The molecule has 21 heavy (non-hydrogen) atoms. The van der Waals surface area contributed by atoms with Crippen molar-refractivity contribution in [3.05, 3.63) is 47.9 Å². The maximum absolute atomic E-state index is 12.0. The molecule has 1 aliphatic carbocycles. The minimum atomic E-state index is -0.232. The molecule has 0 radical (unpaired) electrons. The van der Waals surface area contributed by atoms with Crippen LogP contribution in [0.4, 0.5) is 0 Å². The molecule has 0 heterocycles. The molecular formula is C18H25NO2. The van der Waals surface area contributed by atoms with Crippen LogP contribution in [0.15, 0.2) is 47.9 Å². The smallest absolute Gasteiger partial charge is 0.168 e. The number of rotatable bonds is 5. The lowest BCUT2D eigenvalue weighted by atomic mass is 9.74. The van der Waals surface area contributed by atoms with Crippen LogP contribution in [0.2, 0.25) is 0 Å². The minimum absolute atomic E-state index is 0.0942. The van der Waals surface area contributed by atoms with Gasteiger partial charge in [-0.2, -0.15) is 0 Å². The third kappa shape index (κ3) is 5.18. The highest BCUT2D eigenvalue weighted by Gasteiger charge is 2.35. The van der Waals surface area contributed by atoms with E-state index in [1.165, 1.54) is 11.8 Å². The summed E-state index contributed by atoms with van der Waals surface area (Å²) in [6, 6.07) is 0. The topological polar surface area (TPSA) is 46.2 Å². The monoisotopic (exact) mass is 287 g/mol. The van der Waals surface area contributed by atoms with Crippen molar-refractivity contribution in [1.29, 1.82) is 0 Å². The Morgan fingerprint density at radius 3 is 2.29 bits per heavy atom. The summed E-state index contributed by atoms with van der Waals surface area (Å²) in [4.78, 5) is 24.0. The van der Waals surface area contributed by atoms with Crippen molar-refractivity contribution in [2.75, 3.05) is 0 Å². The van der Waals surface area contributed by atoms with Crippen molar-refractivity contribution < 1.29 is 9.59 Å². The lowest BCUT2D eigenvalue weighted by Gasteiger charge is -2.28. The molecule has 0 amide bonds. The SMILES string of the molecule is C=C(/C=C\C(=C/C)CC)NC=C1C(=O)CC(C)(C)CC1=O. The maximum atomic E-state index is 12.0. The second-order valence-corrected chi connectivity index (χ2v) is 6.14. The zero-order valence-corrected chi connectivity index (χ0v) is 13.5. The minimum Gasteiger partial charge on any atom is -0.361 e. The van der Waals surface area contributed by atoms with Gasteiger partial charge in [0.25, 0.3) is 0 Å². The van der Waals surface area contributed by atoms with Gasteiger partial charge in [0.2, 0.25) is 0 Å². The van der Waals surface area contributed by atoms with E-state index in [0.29, 0.717) is 18.5 Å². The molecule has 0 saturated heterocycles. The zero-order chi connectivity index (χ0) is 16.0. The fourth-order valence-corrected chi connectivity index (χ4v) is 2.28. The predicted octanol–water partition coefficient (Wildman–Crippen LogP) is 3.84. The highest BCUT2D eigenvalue weighted by molar-refractivity contribution is 6.22. The van der Waals surface area contributed by atoms with Crippen LogP contribution in [0.5, 0.6) is 0 Å². The van der Waals surface area contributed by atoms with Gasteiger partial charge in [0, 0.05) is 24.7 Å². The Morgan fingerprint density at radius 1 is 1.24 bits per heavy atom. The molecule has 1 fully saturated rings. The van der Waals surface area contributed by atoms with Gasteiger partial charge in [-0.05, 0) is 24.8 Å². The van der Waals surface area contributed by atoms with Crippen LogP contribution in [0.1, 0.15) is 47.0 Å². The zero-order valence-electron chi connectivity index (χ0n) is 13.5. The Kier molecular flexibility index (Phi) is 5.89. The Morgan fingerprint density at radius 2 is 1.81 bits per heavy atom. The first-order valence-corrected chi connectivity index (χ1v) is 7.34. The quantitative estimate of drug-likeness (QED) is 0.474. The van der Waals surface area contributed by atoms with Crippen LogP contribution in [0.3, 0.4) is 0 Å². The third-order valence-corrected chi connectivity index (χ3v) is 3.56. The van der Waals surface area contributed by atoms with Crippen LogP contribution in [0, 0.1) is 5.41 Å². The van der Waals surface area contributed by atoms with Crippen LogP contribution < -0.4 is 5.32 Å². The van der Waals surface area contributed by atoms with Crippen molar-refractivity contribution in [2.45, 2.75) is 47.0 Å². The number of nitrogens with one attached hydrogen (secondary N) is 1. The number of allylic oxidation sites excluding steroid dienone is 5. The van der Waals surface area contributed by atoms with Gasteiger partial charge in [0.1, 0.15) is 0 Å². The van der Waals surface area contributed by atoms with E-state index < -0.39 is 0 Å². The number of hydrogen-bond donors (Lipinski definition) is 1. The first-order valence-electron chi connectivity index (χ1n) is 7.34. The van der Waals surface area contributed by atoms with Gasteiger partial charge in [0.15, 0.2) is 11.6 Å². The van der Waals surface area contributed by atoms with Crippen molar-refractivity contribution in [3.63, 3.8) is 0 Å². The molecule has 3 heteroatoms. The number of hydrogen-bond acceptors (Lipinski definition) is 3. The van der Waals surface area contributed by atoms with E-state index in [9.17, 15) is 9.59 Å². The van der Waals surface area contributed by atoms with Gasteiger partial charge in [-0.25, -0.2) is 0 Å². The van der Waals surface area contributed by atoms with E-state index in [1.807, 2.05) is 39.0 Å². The molecular weight excluding hydrogens is 262 g/mol. The van der Waals surface area contributed by atoms with E-state index in [2.05, 4.69) is 18.8 Å². The largest absolute Gasteiger partial charge is 0.361 e. The van der Waals surface area contributed by atoms with Gasteiger partial charge in [0.05, 0.1) is 5.57 Å². The van der Waals surface area contributed by atoms with Gasteiger partial charge in [-0.1, -0.05) is 45.1 Å². The summed E-state index contributed by atoms with van der Waals surface area (Å²) in [7, 11) is 0. The summed E-state index contributed by atoms with van der Waals surface area (Å²) in [6.07, 6.45) is 9.12. The normalized spacial score (nSPS) is 19.0. The van der Waals surface area contributed by atoms with Crippen molar-refractivity contribution >= 4 is 11.6 Å². The molecule has 1 saturated carbocycles. The molecule has 0 aromatic heterocycles. The van der Waals surface area contributed by atoms with Crippen molar-refractivity contribution in [1.82, 2.24) is 5.32 Å². The van der Waals surface area contributed by atoms with Crippen LogP contribution in [0.25, 0.3) is 0 Å². The van der Waals surface area contributed by atoms with Gasteiger partial charge in [-0.3, -0.25) is 9.59 Å². The first kappa shape index (κ1) is 17.2. The molecule has 1 aliphatic rings. The molecule has 1 rings (SSSR count). The lowest BCUT2D eigenvalue weighted by Crippen LogP contribution is -2.32. The first-order chi connectivity index (χ1) is 9.79. The molecule has 3 nitrogen and oxygen atoms in total. The second kappa shape index (κ2) is 7.21. The van der Waals surface area contributed by atoms with Crippen LogP contribution in [-0.2, 0) is 9.59 Å². The lowest BCUT2D eigenvalue weighted by molar-refractivity contribution is -0.127. The van der Waals surface area contributed by atoms with Crippen LogP contribution >= 0.6 is 0 Å². The summed E-state index contributed by atoms with van der Waals surface area (Å²) in [5, 5.41) is 2.93. The van der Waals surface area contributed by atoms with E-state index in [0.717, 1.165) is 6.42 Å². The molecule has 0 atom stereocenters. The molecule has 114 valence electrons. The van der Waals surface area contributed by atoms with Gasteiger partial charge < -0.3 is 5.32 Å². The number of ketones is 2. The Labute approximate surface area is 127 Å². The van der Waals surface area contributed by atoms with Crippen molar-refractivity contribution in [2.24, 2.45) is 5.41 Å². The second-order valence-electron chi connectivity index (χ2n) is 6.14. The standard InChI is InChI=1S/C18H25NO2/c1-6-14(7-2)9-8-13(3)19-12-15-16(20)10-18(4,5)11-17(15)21/h6,8-9,12,19H,3,7,10-11H2,1-2,4-5H3/b9-8-,14-6-. The molecule has 0 spiro atoms. The predicted molar refractivity (Wildman–Crippen MR) is 86.6 cm³/mol. The fourth-order valence-electron chi connectivity index (χ4n) is 2.28. The van der Waals surface area contributed by atoms with Gasteiger partial charge in [-0.15, -0.1) is 0 Å². The van der Waals surface area contributed by atoms with E-state index in [-0.39, 0.29) is 22.6 Å². The summed E-state index contributed by atoms with van der Waals surface area (Å²) < 4.78 is 0. The van der Waals surface area contributed by atoms with Gasteiger partial charge >= 0.3 is 0 Å². The molecule has 0 aromatic rings. The Hall–Kier alpha value is -1.90. The third-order valence-electron chi connectivity index (χ3n) is 3.56. The highest BCUT2D eigenvalue weighted by atomic mass is 16.1. The number of carbonyl (C=O) groups is 2. The molecule has 0 unspecified atom stereocenters. The summed E-state index contributed by atoms with van der Waals surface area (Å²) in [5.74, 6) is -0.188. The molecule has 0 aromatic carbocycles. The summed E-state index contributed by atoms with van der Waals surface area (Å²) in [6.45, 7) is 11.8. The average Bonchev–Trinajstić information content (AvgIpc) is 2.37. The Balaban J connectivity index is 2.70. The van der Waals surface area contributed by atoms with E-state index >= 15 is 0 Å². The van der Waals surface area contributed by atoms with E-state index in [4.69, 9.17) is 0 Å². The number of Topliss-reactive ketones (excluding diaryl/α,β-unsaturated/α-hetero) is 2. The summed E-state index contributed by atoms with van der Waals surface area (Å²) >= 11 is 0. The molecule has 0 aliphatic heterocycles. The average molecular weight is 287 g/mol. The number of carbonyl (C=O) groups excluding carboxylic acids is 2. The van der Waals surface area contributed by atoms with Crippen molar-refractivity contribution in [3.8, 4) is 0 Å². The Bertz CT molecular complexity index is 511. The fraction of sp³-hybridized carbons (Fsp3) is 0.444. The highest BCUT2D eigenvalue weighted by Crippen LogP contribution is 2.33. The molecule has 0 bridgehead atoms.